The van der Waals surface area contributed by atoms with Crippen molar-refractivity contribution in [3.63, 3.8) is 0 Å². The van der Waals surface area contributed by atoms with Crippen LogP contribution in [0, 0.1) is 6.92 Å². The lowest BCUT2D eigenvalue weighted by molar-refractivity contribution is 0.443. The van der Waals surface area contributed by atoms with Gasteiger partial charge in [0.05, 0.1) is 16.7 Å². The summed E-state index contributed by atoms with van der Waals surface area (Å²) in [7, 11) is 0. The summed E-state index contributed by atoms with van der Waals surface area (Å²) in [5.74, 6) is 0.635. The van der Waals surface area contributed by atoms with E-state index in [4.69, 9.17) is 0 Å². The minimum absolute atomic E-state index is 0.635. The van der Waals surface area contributed by atoms with Crippen LogP contribution >= 0.6 is 0 Å². The average molecular weight is 876 g/mol. The Bertz CT molecular complexity index is 3530. The summed E-state index contributed by atoms with van der Waals surface area (Å²) in [4.78, 5) is 4.92. The fraction of sp³-hybridized carbons (Fsp3) is 0.108. The van der Waals surface area contributed by atoms with Crippen LogP contribution in [0.25, 0.3) is 60.5 Å². The molecule has 1 aliphatic rings. The van der Waals surface area contributed by atoms with Gasteiger partial charge in [0.1, 0.15) is 0 Å². The van der Waals surface area contributed by atoms with Crippen molar-refractivity contribution in [3.8, 4) is 27.9 Å². The molecule has 0 atom stereocenters. The summed E-state index contributed by atoms with van der Waals surface area (Å²) >= 11 is 0. The first-order valence-corrected chi connectivity index (χ1v) is 24.3. The van der Waals surface area contributed by atoms with Crippen LogP contribution < -0.4 is 9.80 Å². The van der Waals surface area contributed by atoms with Crippen LogP contribution in [0.2, 0.25) is 0 Å². The van der Waals surface area contributed by atoms with Crippen LogP contribution in [-0.2, 0) is 0 Å². The maximum Gasteiger partial charge on any atom is 0.0562 e. The highest BCUT2D eigenvalue weighted by Gasteiger charge is 2.24. The SMILES string of the molecule is Cc1cccc2c1c1ccc(N(c3cccc(N(c4ccc(-c5ccccc5)cc4)c4ccc(C5CCCCC5)cc4)c3)c3ccc4ccccc4c3-c3ccccc3)cc1n2-c1ccccc1. The number of rotatable bonds is 10. The Balaban J connectivity index is 1.08. The van der Waals surface area contributed by atoms with Gasteiger partial charge in [-0.1, -0.05) is 177 Å². The third kappa shape index (κ3) is 7.60. The molecule has 0 bridgehead atoms. The zero-order valence-electron chi connectivity index (χ0n) is 38.5. The van der Waals surface area contributed by atoms with E-state index in [1.807, 2.05) is 0 Å². The van der Waals surface area contributed by atoms with E-state index in [0.717, 1.165) is 39.8 Å². The molecule has 328 valence electrons. The molecule has 3 nitrogen and oxygen atoms in total. The minimum atomic E-state index is 0.635. The summed E-state index contributed by atoms with van der Waals surface area (Å²) in [5.41, 5.74) is 17.6. The number of fused-ring (bicyclic) bond motifs is 4. The maximum atomic E-state index is 2.49. The molecule has 1 fully saturated rings. The van der Waals surface area contributed by atoms with Crippen molar-refractivity contribution in [2.24, 2.45) is 0 Å². The van der Waals surface area contributed by atoms with Gasteiger partial charge in [-0.05, 0) is 143 Å². The number of aromatic nitrogens is 1. The first-order valence-electron chi connectivity index (χ1n) is 24.3. The molecule has 0 aliphatic heterocycles. The molecule has 12 rings (SSSR count). The van der Waals surface area contributed by atoms with Crippen molar-refractivity contribution in [1.82, 2.24) is 4.57 Å². The number of aryl methyl sites for hydroxylation is 1. The van der Waals surface area contributed by atoms with Gasteiger partial charge in [0.15, 0.2) is 0 Å². The summed E-state index contributed by atoms with van der Waals surface area (Å²) in [6.07, 6.45) is 6.54. The van der Waals surface area contributed by atoms with Gasteiger partial charge in [0.2, 0.25) is 0 Å². The van der Waals surface area contributed by atoms with Gasteiger partial charge in [-0.25, -0.2) is 0 Å². The van der Waals surface area contributed by atoms with Gasteiger partial charge in [-0.3, -0.25) is 0 Å². The average Bonchev–Trinajstić information content (AvgIpc) is 3.75. The first kappa shape index (κ1) is 41.3. The largest absolute Gasteiger partial charge is 0.310 e. The lowest BCUT2D eigenvalue weighted by atomic mass is 9.84. The van der Waals surface area contributed by atoms with E-state index in [9.17, 15) is 0 Å². The molecule has 3 heteroatoms. The molecule has 1 saturated carbocycles. The standard InChI is InChI=1S/C65H53N3/c1-46-18-16-31-61-64(46)60-42-41-58(45-63(60)68(61)53-26-12-5-13-27-53)67(62-43-36-51-23-14-15-30-59(51)65(62)52-24-10-4-11-25-52)57-29-17-28-56(44-57)66(54-37-32-49(33-38-54)47-19-6-2-7-20-47)55-39-34-50(35-40-55)48-21-8-3-9-22-48/h2,4-7,10-20,23-45,48H,3,8-9,21-22H2,1H3. The summed E-state index contributed by atoms with van der Waals surface area (Å²) in [6, 6.07) is 87.2. The molecule has 0 saturated heterocycles. The normalized spacial score (nSPS) is 13.0. The zero-order valence-corrected chi connectivity index (χ0v) is 38.5. The topological polar surface area (TPSA) is 11.4 Å². The van der Waals surface area contributed by atoms with Crippen LogP contribution in [0.15, 0.2) is 237 Å². The van der Waals surface area contributed by atoms with Crippen LogP contribution in [0.1, 0.15) is 49.1 Å². The number of hydrogen-bond acceptors (Lipinski definition) is 2. The molecule has 68 heavy (non-hydrogen) atoms. The van der Waals surface area contributed by atoms with Gasteiger partial charge in [0.25, 0.3) is 0 Å². The second kappa shape index (κ2) is 17.9. The molecular formula is C65H53N3. The third-order valence-electron chi connectivity index (χ3n) is 14.3. The van der Waals surface area contributed by atoms with E-state index in [0.29, 0.717) is 5.92 Å². The van der Waals surface area contributed by atoms with Crippen molar-refractivity contribution in [1.29, 1.82) is 0 Å². The van der Waals surface area contributed by atoms with Crippen molar-refractivity contribution >= 4 is 66.7 Å². The van der Waals surface area contributed by atoms with Crippen LogP contribution in [0.3, 0.4) is 0 Å². The van der Waals surface area contributed by atoms with E-state index in [1.165, 1.54) is 98.1 Å². The highest BCUT2D eigenvalue weighted by Crippen LogP contribution is 2.48. The fourth-order valence-corrected chi connectivity index (χ4v) is 11.0. The predicted octanol–water partition coefficient (Wildman–Crippen LogP) is 18.6. The molecule has 0 unspecified atom stereocenters. The molecule has 0 spiro atoms. The Morgan fingerprint density at radius 2 is 0.985 bits per heavy atom. The van der Waals surface area contributed by atoms with E-state index < -0.39 is 0 Å². The summed E-state index contributed by atoms with van der Waals surface area (Å²) < 4.78 is 2.44. The smallest absolute Gasteiger partial charge is 0.0562 e. The highest BCUT2D eigenvalue weighted by atomic mass is 15.2. The van der Waals surface area contributed by atoms with Crippen LogP contribution in [0.4, 0.5) is 34.1 Å². The molecule has 0 N–H and O–H groups in total. The number of anilines is 6. The van der Waals surface area contributed by atoms with Gasteiger partial charge in [-0.15, -0.1) is 0 Å². The Kier molecular flexibility index (Phi) is 10.9. The molecule has 11 aromatic rings. The minimum Gasteiger partial charge on any atom is -0.310 e. The third-order valence-corrected chi connectivity index (χ3v) is 14.3. The van der Waals surface area contributed by atoms with E-state index in [2.05, 4.69) is 258 Å². The Labute approximate surface area is 399 Å². The number of hydrogen-bond donors (Lipinski definition) is 0. The zero-order chi connectivity index (χ0) is 45.4. The quantitative estimate of drug-likeness (QED) is 0.136. The second-order valence-electron chi connectivity index (χ2n) is 18.4. The maximum absolute atomic E-state index is 2.49. The van der Waals surface area contributed by atoms with Gasteiger partial charge < -0.3 is 14.4 Å². The monoisotopic (exact) mass is 875 g/mol. The van der Waals surface area contributed by atoms with Crippen molar-refractivity contribution < 1.29 is 0 Å². The summed E-state index contributed by atoms with van der Waals surface area (Å²) in [6.45, 7) is 2.23. The number of nitrogens with zero attached hydrogens (tertiary/aromatic N) is 3. The molecular weight excluding hydrogens is 823 g/mol. The van der Waals surface area contributed by atoms with Crippen LogP contribution in [0.5, 0.6) is 0 Å². The Morgan fingerprint density at radius 3 is 1.72 bits per heavy atom. The molecule has 0 radical (unpaired) electrons. The van der Waals surface area contributed by atoms with Crippen molar-refractivity contribution in [2.75, 3.05) is 9.80 Å². The van der Waals surface area contributed by atoms with E-state index in [1.54, 1.807) is 0 Å². The predicted molar refractivity (Wildman–Crippen MR) is 289 cm³/mol. The van der Waals surface area contributed by atoms with Crippen LogP contribution in [-0.4, -0.2) is 4.57 Å². The molecule has 0 amide bonds. The van der Waals surface area contributed by atoms with Gasteiger partial charge in [0, 0.05) is 50.5 Å². The Morgan fingerprint density at radius 1 is 0.397 bits per heavy atom. The lowest BCUT2D eigenvalue weighted by Gasteiger charge is -2.31. The first-order chi connectivity index (χ1) is 33.7. The van der Waals surface area contributed by atoms with Gasteiger partial charge >= 0.3 is 0 Å². The Hall–Kier alpha value is -8.14. The number of benzene rings is 10. The second-order valence-corrected chi connectivity index (χ2v) is 18.4. The number of para-hydroxylation sites is 1. The molecule has 1 heterocycles. The summed E-state index contributed by atoms with van der Waals surface area (Å²) in [5, 5.41) is 4.94. The highest BCUT2D eigenvalue weighted by molar-refractivity contribution is 6.12. The molecule has 1 aromatic heterocycles. The molecule has 1 aliphatic carbocycles. The van der Waals surface area contributed by atoms with E-state index in [-0.39, 0.29) is 0 Å². The molecule has 10 aromatic carbocycles. The fourth-order valence-electron chi connectivity index (χ4n) is 11.0. The van der Waals surface area contributed by atoms with Gasteiger partial charge in [-0.2, -0.15) is 0 Å². The lowest BCUT2D eigenvalue weighted by Crippen LogP contribution is -2.14. The van der Waals surface area contributed by atoms with Crippen molar-refractivity contribution in [2.45, 2.75) is 44.9 Å². The van der Waals surface area contributed by atoms with E-state index >= 15 is 0 Å². The van der Waals surface area contributed by atoms with Crippen molar-refractivity contribution in [3.05, 3.63) is 248 Å².